The summed E-state index contributed by atoms with van der Waals surface area (Å²) in [5, 5.41) is 11.4. The van der Waals surface area contributed by atoms with Crippen LogP contribution in [0.2, 0.25) is 0 Å². The second-order valence-electron chi connectivity index (χ2n) is 7.95. The summed E-state index contributed by atoms with van der Waals surface area (Å²) in [6, 6.07) is 0.495. The van der Waals surface area contributed by atoms with Crippen molar-refractivity contribution in [3.8, 4) is 0 Å². The zero-order chi connectivity index (χ0) is 21.7. The van der Waals surface area contributed by atoms with Crippen LogP contribution in [0.3, 0.4) is 0 Å². The van der Waals surface area contributed by atoms with Gasteiger partial charge in [0.2, 0.25) is 0 Å². The first-order valence-corrected chi connectivity index (χ1v) is 10.0. The van der Waals surface area contributed by atoms with E-state index >= 15 is 0 Å². The largest absolute Gasteiger partial charge is 0.490 e. The molecule has 0 unspecified atom stereocenters. The molecule has 1 aromatic heterocycles. The summed E-state index contributed by atoms with van der Waals surface area (Å²) in [6.07, 6.45) is 1.55. The molecule has 1 N–H and O–H groups in total. The molecule has 3 aliphatic heterocycles. The van der Waals surface area contributed by atoms with Crippen molar-refractivity contribution in [2.24, 2.45) is 18.9 Å². The molecule has 170 valence electrons. The number of aromatic nitrogens is 2. The number of hydrogen-bond donors (Lipinski definition) is 1. The molecule has 3 atom stereocenters. The summed E-state index contributed by atoms with van der Waals surface area (Å²) in [5.74, 6) is -1.57. The Morgan fingerprint density at radius 1 is 1.30 bits per heavy atom. The Balaban J connectivity index is 0.000000318. The number of aryl methyl sites for hydroxylation is 1. The molecule has 3 aliphatic rings. The van der Waals surface area contributed by atoms with E-state index in [1.165, 1.54) is 5.56 Å². The number of rotatable bonds is 5. The van der Waals surface area contributed by atoms with Crippen LogP contribution in [0.4, 0.5) is 13.2 Å². The average molecular weight is 435 g/mol. The molecule has 0 bridgehead atoms. The quantitative estimate of drug-likeness (QED) is 0.753. The highest BCUT2D eigenvalue weighted by Crippen LogP contribution is 2.33. The summed E-state index contributed by atoms with van der Waals surface area (Å²) >= 11 is 0. The summed E-state index contributed by atoms with van der Waals surface area (Å²) in [7, 11) is 1.97. The first kappa shape index (κ1) is 23.0. The van der Waals surface area contributed by atoms with Gasteiger partial charge >= 0.3 is 12.1 Å². The van der Waals surface area contributed by atoms with Gasteiger partial charge in [-0.15, -0.1) is 0 Å². The number of hydrogen-bond acceptors (Lipinski definition) is 6. The van der Waals surface area contributed by atoms with E-state index in [2.05, 4.69) is 16.2 Å². The van der Waals surface area contributed by atoms with E-state index in [9.17, 15) is 13.2 Å². The number of likely N-dealkylation sites (tertiary alicyclic amines) is 1. The molecular weight excluding hydrogens is 407 g/mol. The van der Waals surface area contributed by atoms with Gasteiger partial charge in [-0.05, 0) is 18.8 Å². The summed E-state index contributed by atoms with van der Waals surface area (Å²) in [4.78, 5) is 11.4. The van der Waals surface area contributed by atoms with Crippen molar-refractivity contribution in [3.05, 3.63) is 18.0 Å². The van der Waals surface area contributed by atoms with Gasteiger partial charge in [0.1, 0.15) is 0 Å². The van der Waals surface area contributed by atoms with Crippen LogP contribution in [0.1, 0.15) is 18.4 Å². The van der Waals surface area contributed by atoms with E-state index in [0.717, 1.165) is 59.0 Å². The van der Waals surface area contributed by atoms with Gasteiger partial charge < -0.3 is 19.3 Å². The Hall–Kier alpha value is -1.69. The zero-order valence-corrected chi connectivity index (χ0v) is 16.9. The molecular formula is C19H28F3N3O5. The number of carbonyl (C=O) groups is 1. The Morgan fingerprint density at radius 2 is 2.00 bits per heavy atom. The Kier molecular flexibility index (Phi) is 7.72. The summed E-state index contributed by atoms with van der Waals surface area (Å²) < 4.78 is 51.1. The lowest BCUT2D eigenvalue weighted by molar-refractivity contribution is -0.192. The van der Waals surface area contributed by atoms with Crippen LogP contribution in [0.5, 0.6) is 0 Å². The maximum Gasteiger partial charge on any atom is 0.490 e. The van der Waals surface area contributed by atoms with Gasteiger partial charge in [-0.2, -0.15) is 18.3 Å². The number of aliphatic carboxylic acids is 1. The lowest BCUT2D eigenvalue weighted by Crippen LogP contribution is -2.32. The topological polar surface area (TPSA) is 86.0 Å². The third kappa shape index (κ3) is 6.16. The van der Waals surface area contributed by atoms with Crippen LogP contribution < -0.4 is 0 Å². The van der Waals surface area contributed by atoms with Crippen molar-refractivity contribution in [3.63, 3.8) is 0 Å². The van der Waals surface area contributed by atoms with Gasteiger partial charge in [-0.1, -0.05) is 0 Å². The van der Waals surface area contributed by atoms with Gasteiger partial charge in [0, 0.05) is 57.1 Å². The predicted molar refractivity (Wildman–Crippen MR) is 98.7 cm³/mol. The number of alkyl halides is 3. The van der Waals surface area contributed by atoms with E-state index in [-0.39, 0.29) is 0 Å². The molecule has 30 heavy (non-hydrogen) atoms. The number of halogens is 3. The normalized spacial score (nSPS) is 27.5. The summed E-state index contributed by atoms with van der Waals surface area (Å²) in [5.41, 5.74) is 1.27. The van der Waals surface area contributed by atoms with Crippen LogP contribution in [0, 0.1) is 11.8 Å². The highest BCUT2D eigenvalue weighted by Gasteiger charge is 2.46. The minimum Gasteiger partial charge on any atom is -0.475 e. The van der Waals surface area contributed by atoms with Gasteiger partial charge in [0.25, 0.3) is 0 Å². The minimum atomic E-state index is -5.08. The number of nitrogens with zero attached hydrogens (tertiary/aromatic N) is 3. The Morgan fingerprint density at radius 3 is 2.60 bits per heavy atom. The fraction of sp³-hybridized carbons (Fsp3) is 0.789. The molecule has 8 nitrogen and oxygen atoms in total. The average Bonchev–Trinajstić information content (AvgIpc) is 3.40. The second kappa shape index (κ2) is 10.1. The van der Waals surface area contributed by atoms with E-state index in [0.29, 0.717) is 24.0 Å². The SMILES string of the molecule is Cn1cc(CN2C[C@H](OCC3CCOCC3)[C@H]3COC[C@H]32)cn1.O=C(O)C(F)(F)F. The third-order valence-corrected chi connectivity index (χ3v) is 5.73. The highest BCUT2D eigenvalue weighted by atomic mass is 19.4. The first-order valence-electron chi connectivity index (χ1n) is 10.0. The Bertz CT molecular complexity index is 693. The molecule has 3 saturated heterocycles. The standard InChI is InChI=1S/C17H27N3O3.C2HF3O2/c1-19-7-14(6-18-19)8-20-9-17(15-11-22-12-16(15)20)23-10-13-2-4-21-5-3-13;3-2(4,5)1(6)7/h6-7,13,15-17H,2-5,8-12H2,1H3;(H,6,7)/t15-,16+,17-;/m0./s1. The van der Waals surface area contributed by atoms with Crippen LogP contribution in [0.25, 0.3) is 0 Å². The minimum absolute atomic E-state index is 0.307. The predicted octanol–water partition coefficient (Wildman–Crippen LogP) is 1.70. The lowest BCUT2D eigenvalue weighted by Gasteiger charge is -2.25. The van der Waals surface area contributed by atoms with Crippen LogP contribution in [-0.2, 0) is 32.6 Å². The van der Waals surface area contributed by atoms with Crippen molar-refractivity contribution >= 4 is 5.97 Å². The van der Waals surface area contributed by atoms with Crippen molar-refractivity contribution in [2.75, 3.05) is 39.6 Å². The molecule has 0 radical (unpaired) electrons. The van der Waals surface area contributed by atoms with E-state index in [4.69, 9.17) is 24.1 Å². The maximum atomic E-state index is 10.6. The molecule has 11 heteroatoms. The number of ether oxygens (including phenoxy) is 3. The summed E-state index contributed by atoms with van der Waals surface area (Å²) in [6.45, 7) is 6.28. The highest BCUT2D eigenvalue weighted by molar-refractivity contribution is 5.73. The molecule has 0 saturated carbocycles. The first-order chi connectivity index (χ1) is 14.2. The van der Waals surface area contributed by atoms with Crippen molar-refractivity contribution in [1.29, 1.82) is 0 Å². The molecule has 0 spiro atoms. The molecule has 1 aromatic rings. The fourth-order valence-electron chi connectivity index (χ4n) is 4.11. The lowest BCUT2D eigenvalue weighted by atomic mass is 10.00. The Labute approximate surface area is 172 Å². The van der Waals surface area contributed by atoms with Gasteiger partial charge in [-0.25, -0.2) is 4.79 Å². The molecule has 0 aromatic carbocycles. The molecule has 0 amide bonds. The number of carboxylic acid groups (broad SMARTS) is 1. The molecule has 0 aliphatic carbocycles. The van der Waals surface area contributed by atoms with Crippen LogP contribution >= 0.6 is 0 Å². The number of carboxylic acids is 1. The van der Waals surface area contributed by atoms with Gasteiger partial charge in [0.15, 0.2) is 0 Å². The van der Waals surface area contributed by atoms with Crippen LogP contribution in [-0.4, -0.2) is 83.7 Å². The van der Waals surface area contributed by atoms with Crippen molar-refractivity contribution < 1.29 is 37.3 Å². The molecule has 3 fully saturated rings. The van der Waals surface area contributed by atoms with Crippen molar-refractivity contribution in [2.45, 2.75) is 37.7 Å². The number of fused-ring (bicyclic) bond motifs is 1. The second-order valence-corrected chi connectivity index (χ2v) is 7.95. The van der Waals surface area contributed by atoms with Crippen molar-refractivity contribution in [1.82, 2.24) is 14.7 Å². The maximum absolute atomic E-state index is 10.6. The molecule has 4 heterocycles. The van der Waals surface area contributed by atoms with E-state index in [1.807, 2.05) is 17.9 Å². The van der Waals surface area contributed by atoms with Gasteiger partial charge in [0.05, 0.1) is 32.1 Å². The van der Waals surface area contributed by atoms with E-state index in [1.54, 1.807) is 0 Å². The molecule has 4 rings (SSSR count). The monoisotopic (exact) mass is 435 g/mol. The smallest absolute Gasteiger partial charge is 0.475 e. The fourth-order valence-corrected chi connectivity index (χ4v) is 4.11. The van der Waals surface area contributed by atoms with E-state index < -0.39 is 12.1 Å². The van der Waals surface area contributed by atoms with Gasteiger partial charge in [-0.3, -0.25) is 9.58 Å². The van der Waals surface area contributed by atoms with Crippen LogP contribution in [0.15, 0.2) is 12.4 Å². The third-order valence-electron chi connectivity index (χ3n) is 5.73. The zero-order valence-electron chi connectivity index (χ0n) is 16.9.